The number of anilines is 1. The van der Waals surface area contributed by atoms with Gasteiger partial charge in [0.15, 0.2) is 5.16 Å². The predicted molar refractivity (Wildman–Crippen MR) is 81.1 cm³/mol. The van der Waals surface area contributed by atoms with Gasteiger partial charge in [0, 0.05) is 16.6 Å². The molecule has 1 saturated heterocycles. The van der Waals surface area contributed by atoms with Crippen LogP contribution in [-0.4, -0.2) is 46.3 Å². The molecule has 2 heterocycles. The highest BCUT2D eigenvalue weighted by Crippen LogP contribution is 2.25. The summed E-state index contributed by atoms with van der Waals surface area (Å²) >= 11 is 1.59. The lowest BCUT2D eigenvalue weighted by Gasteiger charge is -2.30. The third-order valence-corrected chi connectivity index (χ3v) is 4.45. The maximum atomic E-state index is 4.11. The lowest BCUT2D eigenvalue weighted by Crippen LogP contribution is -2.36. The van der Waals surface area contributed by atoms with Crippen LogP contribution in [0.4, 0.5) is 5.69 Å². The Kier molecular flexibility index (Phi) is 4.22. The van der Waals surface area contributed by atoms with Crippen molar-refractivity contribution >= 4 is 17.4 Å². The second-order valence-corrected chi connectivity index (χ2v) is 6.20. The fraction of sp³-hybridized carbons (Fsp3) is 0.429. The second-order valence-electron chi connectivity index (χ2n) is 5.14. The van der Waals surface area contributed by atoms with E-state index < -0.39 is 0 Å². The molecule has 0 aliphatic carbocycles. The molecule has 1 aliphatic heterocycles. The molecule has 6 heteroatoms. The van der Waals surface area contributed by atoms with E-state index in [1.165, 1.54) is 37.9 Å². The van der Waals surface area contributed by atoms with E-state index in [4.69, 9.17) is 0 Å². The standard InChI is InChI=1S/C14H19N5S/c1-19-8-6-12(7-9-19)17-11-2-4-13(5-3-11)20-14-15-10-16-18-14/h2-5,10,12,17H,6-9H2,1H3,(H,15,16,18). The third-order valence-electron chi connectivity index (χ3n) is 3.55. The summed E-state index contributed by atoms with van der Waals surface area (Å²) < 4.78 is 0. The number of piperidine rings is 1. The van der Waals surface area contributed by atoms with Crippen molar-refractivity contribution in [2.45, 2.75) is 28.9 Å². The molecule has 0 unspecified atom stereocenters. The lowest BCUT2D eigenvalue weighted by molar-refractivity contribution is 0.264. The number of nitrogens with zero attached hydrogens (tertiary/aromatic N) is 3. The Bertz CT molecular complexity index is 517. The van der Waals surface area contributed by atoms with Gasteiger partial charge in [-0.2, -0.15) is 5.10 Å². The Morgan fingerprint density at radius 1 is 1.25 bits per heavy atom. The van der Waals surface area contributed by atoms with E-state index in [-0.39, 0.29) is 0 Å². The van der Waals surface area contributed by atoms with Crippen molar-refractivity contribution in [2.75, 3.05) is 25.5 Å². The maximum Gasteiger partial charge on any atom is 0.188 e. The van der Waals surface area contributed by atoms with Crippen LogP contribution >= 0.6 is 11.8 Å². The molecule has 0 radical (unpaired) electrons. The van der Waals surface area contributed by atoms with Crippen molar-refractivity contribution in [1.29, 1.82) is 0 Å². The molecule has 20 heavy (non-hydrogen) atoms. The molecule has 1 aromatic carbocycles. The molecule has 0 bridgehead atoms. The van der Waals surface area contributed by atoms with Crippen molar-refractivity contribution in [3.63, 3.8) is 0 Å². The molecular formula is C14H19N5S. The zero-order chi connectivity index (χ0) is 13.8. The van der Waals surface area contributed by atoms with Crippen LogP contribution in [-0.2, 0) is 0 Å². The number of H-pyrrole nitrogens is 1. The zero-order valence-electron chi connectivity index (χ0n) is 11.5. The number of likely N-dealkylation sites (tertiary alicyclic amines) is 1. The SMILES string of the molecule is CN1CCC(Nc2ccc(Sc3ncn[nH]3)cc2)CC1. The van der Waals surface area contributed by atoms with Gasteiger partial charge >= 0.3 is 0 Å². The Morgan fingerprint density at radius 3 is 2.65 bits per heavy atom. The van der Waals surface area contributed by atoms with Gasteiger partial charge in [-0.3, -0.25) is 5.10 Å². The van der Waals surface area contributed by atoms with E-state index in [2.05, 4.69) is 56.7 Å². The summed E-state index contributed by atoms with van der Waals surface area (Å²) in [5, 5.41) is 11.1. The highest BCUT2D eigenvalue weighted by Gasteiger charge is 2.16. The molecule has 3 rings (SSSR count). The fourth-order valence-corrected chi connectivity index (χ4v) is 3.06. The number of aromatic amines is 1. The monoisotopic (exact) mass is 289 g/mol. The summed E-state index contributed by atoms with van der Waals surface area (Å²) in [6, 6.07) is 9.10. The van der Waals surface area contributed by atoms with Crippen LogP contribution in [0.5, 0.6) is 0 Å². The Labute approximate surface area is 123 Å². The van der Waals surface area contributed by atoms with E-state index in [9.17, 15) is 0 Å². The summed E-state index contributed by atoms with van der Waals surface area (Å²) in [5.41, 5.74) is 1.20. The van der Waals surface area contributed by atoms with E-state index in [1.807, 2.05) is 0 Å². The largest absolute Gasteiger partial charge is 0.382 e. The molecule has 2 N–H and O–H groups in total. The first-order chi connectivity index (χ1) is 9.79. The molecule has 0 amide bonds. The predicted octanol–water partition coefficient (Wildman–Crippen LogP) is 2.46. The number of hydrogen-bond acceptors (Lipinski definition) is 5. The van der Waals surface area contributed by atoms with E-state index >= 15 is 0 Å². The number of rotatable bonds is 4. The van der Waals surface area contributed by atoms with Gasteiger partial charge in [0.2, 0.25) is 0 Å². The van der Waals surface area contributed by atoms with Crippen LogP contribution < -0.4 is 5.32 Å². The average molecular weight is 289 g/mol. The summed E-state index contributed by atoms with van der Waals surface area (Å²) in [4.78, 5) is 7.66. The topological polar surface area (TPSA) is 56.8 Å². The minimum absolute atomic E-state index is 0.596. The highest BCUT2D eigenvalue weighted by molar-refractivity contribution is 7.99. The van der Waals surface area contributed by atoms with Gasteiger partial charge in [-0.15, -0.1) is 0 Å². The van der Waals surface area contributed by atoms with Crippen LogP contribution in [0.15, 0.2) is 40.6 Å². The maximum absolute atomic E-state index is 4.11. The van der Waals surface area contributed by atoms with Crippen molar-refractivity contribution in [1.82, 2.24) is 20.1 Å². The van der Waals surface area contributed by atoms with Crippen LogP contribution in [0.25, 0.3) is 0 Å². The van der Waals surface area contributed by atoms with Gasteiger partial charge in [0.25, 0.3) is 0 Å². The molecule has 106 valence electrons. The number of benzene rings is 1. The molecule has 0 saturated carbocycles. The normalized spacial score (nSPS) is 17.2. The first-order valence-electron chi connectivity index (χ1n) is 6.88. The van der Waals surface area contributed by atoms with Gasteiger partial charge in [0.05, 0.1) is 0 Å². The molecule has 1 fully saturated rings. The third kappa shape index (κ3) is 3.52. The first kappa shape index (κ1) is 13.5. The van der Waals surface area contributed by atoms with E-state index in [0.717, 1.165) is 10.1 Å². The molecule has 2 aromatic rings. The zero-order valence-corrected chi connectivity index (χ0v) is 12.4. The van der Waals surface area contributed by atoms with Crippen LogP contribution in [0.3, 0.4) is 0 Å². The molecular weight excluding hydrogens is 270 g/mol. The fourth-order valence-electron chi connectivity index (χ4n) is 2.36. The minimum atomic E-state index is 0.596. The minimum Gasteiger partial charge on any atom is -0.382 e. The van der Waals surface area contributed by atoms with Gasteiger partial charge in [0.1, 0.15) is 6.33 Å². The molecule has 1 aliphatic rings. The Morgan fingerprint density at radius 2 is 2.00 bits per heavy atom. The summed E-state index contributed by atoms with van der Waals surface area (Å²) in [5.74, 6) is 0. The van der Waals surface area contributed by atoms with Crippen molar-refractivity contribution in [3.05, 3.63) is 30.6 Å². The number of nitrogens with one attached hydrogen (secondary N) is 2. The Balaban J connectivity index is 1.56. The molecule has 5 nitrogen and oxygen atoms in total. The van der Waals surface area contributed by atoms with Crippen LogP contribution in [0.1, 0.15) is 12.8 Å². The molecule has 0 spiro atoms. The highest BCUT2D eigenvalue weighted by atomic mass is 32.2. The van der Waals surface area contributed by atoms with Gasteiger partial charge in [-0.25, -0.2) is 4.98 Å². The Hall–Kier alpha value is -1.53. The molecule has 0 atom stereocenters. The second kappa shape index (κ2) is 6.28. The van der Waals surface area contributed by atoms with Crippen molar-refractivity contribution < 1.29 is 0 Å². The van der Waals surface area contributed by atoms with Crippen LogP contribution in [0.2, 0.25) is 0 Å². The van der Waals surface area contributed by atoms with E-state index in [0.29, 0.717) is 6.04 Å². The summed E-state index contributed by atoms with van der Waals surface area (Å²) in [6.45, 7) is 2.36. The van der Waals surface area contributed by atoms with Crippen molar-refractivity contribution in [3.8, 4) is 0 Å². The number of hydrogen-bond donors (Lipinski definition) is 2. The first-order valence-corrected chi connectivity index (χ1v) is 7.69. The summed E-state index contributed by atoms with van der Waals surface area (Å²) in [7, 11) is 2.19. The number of aromatic nitrogens is 3. The summed E-state index contributed by atoms with van der Waals surface area (Å²) in [6.07, 6.45) is 3.95. The van der Waals surface area contributed by atoms with Crippen LogP contribution in [0, 0.1) is 0 Å². The van der Waals surface area contributed by atoms with E-state index in [1.54, 1.807) is 11.8 Å². The van der Waals surface area contributed by atoms with Gasteiger partial charge in [-0.05, 0) is 57.2 Å². The smallest absolute Gasteiger partial charge is 0.188 e. The van der Waals surface area contributed by atoms with Gasteiger partial charge < -0.3 is 10.2 Å². The van der Waals surface area contributed by atoms with Gasteiger partial charge in [-0.1, -0.05) is 11.8 Å². The lowest BCUT2D eigenvalue weighted by atomic mass is 10.1. The molecule has 1 aromatic heterocycles. The quantitative estimate of drug-likeness (QED) is 0.905. The van der Waals surface area contributed by atoms with Crippen molar-refractivity contribution in [2.24, 2.45) is 0 Å². The average Bonchev–Trinajstić information content (AvgIpc) is 2.96.